The lowest BCUT2D eigenvalue weighted by molar-refractivity contribution is 0.0697. The van der Waals surface area contributed by atoms with Crippen molar-refractivity contribution in [3.8, 4) is 0 Å². The summed E-state index contributed by atoms with van der Waals surface area (Å²) in [7, 11) is 0. The summed E-state index contributed by atoms with van der Waals surface area (Å²) in [5, 5.41) is 9.89. The van der Waals surface area contributed by atoms with Gasteiger partial charge in [-0.15, -0.1) is 0 Å². The summed E-state index contributed by atoms with van der Waals surface area (Å²) in [6.07, 6.45) is 0. The Morgan fingerprint density at radius 1 is 1.25 bits per heavy atom. The molecule has 0 amide bonds. The van der Waals surface area contributed by atoms with E-state index in [0.717, 1.165) is 21.1 Å². The molecule has 2 aromatic carbocycles. The second kappa shape index (κ2) is 5.19. The topological polar surface area (TPSA) is 66.0 Å². The van der Waals surface area contributed by atoms with Gasteiger partial charge in [-0.25, -0.2) is 9.78 Å². The third-order valence-corrected chi connectivity index (χ3v) is 3.94. The Hall–Kier alpha value is -1.98. The van der Waals surface area contributed by atoms with Gasteiger partial charge in [-0.2, -0.15) is 0 Å². The summed E-state index contributed by atoms with van der Waals surface area (Å²) in [6.45, 7) is 0. The molecule has 0 spiro atoms. The van der Waals surface area contributed by atoms with Crippen LogP contribution >= 0.6 is 23.4 Å². The van der Waals surface area contributed by atoms with E-state index in [2.05, 4.69) is 9.97 Å². The number of nitrogens with zero attached hydrogens (tertiary/aromatic N) is 1. The quantitative estimate of drug-likeness (QED) is 0.765. The number of aromatic amines is 1. The average molecular weight is 305 g/mol. The molecule has 0 saturated heterocycles. The molecule has 0 saturated carbocycles. The second-order valence-corrected chi connectivity index (χ2v) is 5.58. The van der Waals surface area contributed by atoms with Crippen molar-refractivity contribution in [1.29, 1.82) is 0 Å². The number of carbonyl (C=O) groups is 1. The van der Waals surface area contributed by atoms with E-state index in [4.69, 9.17) is 16.7 Å². The molecule has 20 heavy (non-hydrogen) atoms. The van der Waals surface area contributed by atoms with Gasteiger partial charge in [0.05, 0.1) is 21.6 Å². The fraction of sp³-hybridized carbons (Fsp3) is 0. The number of carboxylic acid groups (broad SMARTS) is 1. The third kappa shape index (κ3) is 2.50. The van der Waals surface area contributed by atoms with Crippen molar-refractivity contribution in [3.05, 3.63) is 53.1 Å². The van der Waals surface area contributed by atoms with E-state index in [1.54, 1.807) is 12.1 Å². The number of imidazole rings is 1. The number of halogens is 1. The van der Waals surface area contributed by atoms with E-state index in [-0.39, 0.29) is 10.6 Å². The van der Waals surface area contributed by atoms with Gasteiger partial charge in [0.1, 0.15) is 0 Å². The number of fused-ring (bicyclic) bond motifs is 1. The normalized spacial score (nSPS) is 10.8. The molecule has 0 bridgehead atoms. The number of nitrogens with one attached hydrogen (secondary N) is 1. The molecule has 1 heterocycles. The van der Waals surface area contributed by atoms with Gasteiger partial charge < -0.3 is 10.1 Å². The Kier molecular flexibility index (Phi) is 3.38. The summed E-state index contributed by atoms with van der Waals surface area (Å²) < 4.78 is 0. The fourth-order valence-corrected chi connectivity index (χ4v) is 2.99. The van der Waals surface area contributed by atoms with Gasteiger partial charge >= 0.3 is 5.97 Å². The van der Waals surface area contributed by atoms with Crippen LogP contribution in [0.3, 0.4) is 0 Å². The molecule has 3 rings (SSSR count). The van der Waals surface area contributed by atoms with Crippen molar-refractivity contribution in [1.82, 2.24) is 9.97 Å². The summed E-state index contributed by atoms with van der Waals surface area (Å²) in [6, 6.07) is 12.6. The van der Waals surface area contributed by atoms with Crippen LogP contribution in [-0.4, -0.2) is 21.0 Å². The van der Waals surface area contributed by atoms with Crippen LogP contribution in [0.4, 0.5) is 0 Å². The molecule has 0 radical (unpaired) electrons. The van der Waals surface area contributed by atoms with E-state index in [0.29, 0.717) is 0 Å². The Labute approximate surface area is 123 Å². The number of H-pyrrole nitrogens is 1. The summed E-state index contributed by atoms with van der Waals surface area (Å²) in [5.41, 5.74) is 1.95. The van der Waals surface area contributed by atoms with Crippen molar-refractivity contribution < 1.29 is 9.90 Å². The molecule has 0 atom stereocenters. The number of aromatic carboxylic acids is 1. The van der Waals surface area contributed by atoms with Crippen LogP contribution in [0, 0.1) is 0 Å². The molecular weight excluding hydrogens is 296 g/mol. The van der Waals surface area contributed by atoms with Crippen LogP contribution in [0.15, 0.2) is 52.5 Å². The third-order valence-electron chi connectivity index (χ3n) is 2.75. The van der Waals surface area contributed by atoms with E-state index >= 15 is 0 Å². The number of carboxylic acids is 1. The molecule has 0 aliphatic rings. The predicted molar refractivity (Wildman–Crippen MR) is 78.6 cm³/mol. The molecule has 1 aromatic heterocycles. The Balaban J connectivity index is 1.90. The van der Waals surface area contributed by atoms with Crippen LogP contribution < -0.4 is 0 Å². The molecule has 0 aliphatic heterocycles. The molecule has 0 aliphatic carbocycles. The van der Waals surface area contributed by atoms with Crippen molar-refractivity contribution >= 4 is 40.4 Å². The molecule has 4 nitrogen and oxygen atoms in total. The van der Waals surface area contributed by atoms with Gasteiger partial charge in [-0.3, -0.25) is 0 Å². The molecule has 0 unspecified atom stereocenters. The lowest BCUT2D eigenvalue weighted by Gasteiger charge is -2.02. The highest BCUT2D eigenvalue weighted by Gasteiger charge is 2.10. The summed E-state index contributed by atoms with van der Waals surface area (Å²) >= 11 is 7.35. The number of benzene rings is 2. The first kappa shape index (κ1) is 13.0. The maximum atomic E-state index is 10.9. The average Bonchev–Trinajstić information content (AvgIpc) is 2.80. The van der Waals surface area contributed by atoms with Gasteiger partial charge in [0.25, 0.3) is 0 Å². The maximum absolute atomic E-state index is 10.9. The first-order valence-electron chi connectivity index (χ1n) is 5.79. The summed E-state index contributed by atoms with van der Waals surface area (Å²) in [4.78, 5) is 19.4. The zero-order valence-electron chi connectivity index (χ0n) is 10.1. The fourth-order valence-electron chi connectivity index (χ4n) is 1.82. The maximum Gasteiger partial charge on any atom is 0.337 e. The van der Waals surface area contributed by atoms with Crippen molar-refractivity contribution in [2.75, 3.05) is 0 Å². The van der Waals surface area contributed by atoms with E-state index in [1.165, 1.54) is 17.8 Å². The molecule has 2 N–H and O–H groups in total. The van der Waals surface area contributed by atoms with Gasteiger partial charge in [0.2, 0.25) is 0 Å². The van der Waals surface area contributed by atoms with Crippen LogP contribution in [0.1, 0.15) is 10.4 Å². The van der Waals surface area contributed by atoms with Gasteiger partial charge in [-0.1, -0.05) is 35.5 Å². The van der Waals surface area contributed by atoms with Gasteiger partial charge in [0, 0.05) is 4.90 Å². The zero-order chi connectivity index (χ0) is 14.1. The van der Waals surface area contributed by atoms with Gasteiger partial charge in [0.15, 0.2) is 5.16 Å². The smallest absolute Gasteiger partial charge is 0.337 e. The Morgan fingerprint density at radius 3 is 2.75 bits per heavy atom. The van der Waals surface area contributed by atoms with Crippen LogP contribution in [-0.2, 0) is 0 Å². The first-order valence-corrected chi connectivity index (χ1v) is 6.98. The minimum atomic E-state index is -1.03. The number of aromatic nitrogens is 2. The van der Waals surface area contributed by atoms with E-state index in [1.807, 2.05) is 24.3 Å². The molecule has 3 aromatic rings. The number of hydrogen-bond acceptors (Lipinski definition) is 3. The molecule has 100 valence electrons. The highest BCUT2D eigenvalue weighted by Crippen LogP contribution is 2.30. The number of para-hydroxylation sites is 2. The highest BCUT2D eigenvalue weighted by molar-refractivity contribution is 7.99. The number of hydrogen-bond donors (Lipinski definition) is 2. The Bertz CT molecular complexity index is 768. The first-order chi connectivity index (χ1) is 9.63. The van der Waals surface area contributed by atoms with Gasteiger partial charge in [-0.05, 0) is 30.3 Å². The minimum absolute atomic E-state index is 0.0978. The minimum Gasteiger partial charge on any atom is -0.478 e. The lowest BCUT2D eigenvalue weighted by Crippen LogP contribution is -1.96. The molecule has 0 fully saturated rings. The summed E-state index contributed by atoms with van der Waals surface area (Å²) in [5.74, 6) is -1.03. The van der Waals surface area contributed by atoms with E-state index in [9.17, 15) is 4.79 Å². The molecular formula is C14H9ClN2O2S. The Morgan fingerprint density at radius 2 is 2.05 bits per heavy atom. The monoisotopic (exact) mass is 304 g/mol. The SMILES string of the molecule is O=C(O)c1ccc(Sc2nc3ccccc3[nH]2)cc1Cl. The van der Waals surface area contributed by atoms with Crippen molar-refractivity contribution in [2.45, 2.75) is 10.1 Å². The molecule has 6 heteroatoms. The van der Waals surface area contributed by atoms with E-state index < -0.39 is 5.97 Å². The standard InChI is InChI=1S/C14H9ClN2O2S/c15-10-7-8(5-6-9(10)13(18)19)20-14-16-11-3-1-2-4-12(11)17-14/h1-7H,(H,16,17)(H,18,19). The lowest BCUT2D eigenvalue weighted by atomic mass is 10.2. The van der Waals surface area contributed by atoms with Crippen LogP contribution in [0.5, 0.6) is 0 Å². The number of rotatable bonds is 3. The van der Waals surface area contributed by atoms with Crippen LogP contribution in [0.2, 0.25) is 5.02 Å². The van der Waals surface area contributed by atoms with Crippen molar-refractivity contribution in [3.63, 3.8) is 0 Å². The van der Waals surface area contributed by atoms with Crippen LogP contribution in [0.25, 0.3) is 11.0 Å². The second-order valence-electron chi connectivity index (χ2n) is 4.11. The zero-order valence-corrected chi connectivity index (χ0v) is 11.7. The predicted octanol–water partition coefficient (Wildman–Crippen LogP) is 4.07. The highest BCUT2D eigenvalue weighted by atomic mass is 35.5. The largest absolute Gasteiger partial charge is 0.478 e. The van der Waals surface area contributed by atoms with Crippen molar-refractivity contribution in [2.24, 2.45) is 0 Å².